The van der Waals surface area contributed by atoms with Crippen molar-refractivity contribution in [1.82, 2.24) is 10.3 Å². The summed E-state index contributed by atoms with van der Waals surface area (Å²) in [6.45, 7) is 5.25. The maximum absolute atomic E-state index is 4.63. The number of hydrogen-bond donors (Lipinski definition) is 1. The summed E-state index contributed by atoms with van der Waals surface area (Å²) in [6.07, 6.45) is 5.47. The van der Waals surface area contributed by atoms with Crippen molar-refractivity contribution in [2.45, 2.75) is 45.6 Å². The van der Waals surface area contributed by atoms with Gasteiger partial charge in [-0.1, -0.05) is 25.8 Å². The van der Waals surface area contributed by atoms with Crippen LogP contribution in [0, 0.1) is 12.8 Å². The highest BCUT2D eigenvalue weighted by molar-refractivity contribution is 5.13. The largest absolute Gasteiger partial charge is 0.309 e. The molecule has 1 aromatic heterocycles. The molecule has 1 N–H and O–H groups in total. The molecule has 2 nitrogen and oxygen atoms in total. The fourth-order valence-corrected chi connectivity index (χ4v) is 2.17. The van der Waals surface area contributed by atoms with E-state index < -0.39 is 0 Å². The molecule has 2 heteroatoms. The first-order chi connectivity index (χ1) is 7.79. The van der Waals surface area contributed by atoms with Gasteiger partial charge in [0.15, 0.2) is 0 Å². The summed E-state index contributed by atoms with van der Waals surface area (Å²) in [5, 5.41) is 3.55. The number of nitrogens with zero attached hydrogens (tertiary/aromatic N) is 1. The molecule has 1 saturated carbocycles. The normalized spacial score (nSPS) is 17.4. The van der Waals surface area contributed by atoms with E-state index in [2.05, 4.69) is 42.3 Å². The van der Waals surface area contributed by atoms with Gasteiger partial charge in [-0.25, -0.2) is 0 Å². The van der Waals surface area contributed by atoms with Crippen molar-refractivity contribution < 1.29 is 0 Å². The first kappa shape index (κ1) is 11.6. The van der Waals surface area contributed by atoms with Gasteiger partial charge in [0.1, 0.15) is 0 Å². The molecule has 1 aromatic rings. The molecule has 1 aliphatic carbocycles. The molecule has 0 spiro atoms. The van der Waals surface area contributed by atoms with E-state index >= 15 is 0 Å². The Kier molecular flexibility index (Phi) is 3.94. The minimum atomic E-state index is 0.450. The van der Waals surface area contributed by atoms with Gasteiger partial charge < -0.3 is 5.32 Å². The van der Waals surface area contributed by atoms with Gasteiger partial charge in [-0.05, 0) is 44.4 Å². The van der Waals surface area contributed by atoms with Crippen LogP contribution in [0.15, 0.2) is 18.2 Å². The second-order valence-corrected chi connectivity index (χ2v) is 4.83. The van der Waals surface area contributed by atoms with Crippen LogP contribution in [0.1, 0.15) is 50.0 Å². The molecule has 0 radical (unpaired) electrons. The highest BCUT2D eigenvalue weighted by Gasteiger charge is 2.23. The Morgan fingerprint density at radius 1 is 1.44 bits per heavy atom. The van der Waals surface area contributed by atoms with Crippen LogP contribution in [0.25, 0.3) is 0 Å². The van der Waals surface area contributed by atoms with Crippen LogP contribution in [0.2, 0.25) is 0 Å². The van der Waals surface area contributed by atoms with E-state index in [9.17, 15) is 0 Å². The van der Waals surface area contributed by atoms with Crippen molar-refractivity contribution in [3.05, 3.63) is 29.6 Å². The summed E-state index contributed by atoms with van der Waals surface area (Å²) >= 11 is 0. The summed E-state index contributed by atoms with van der Waals surface area (Å²) < 4.78 is 0. The van der Waals surface area contributed by atoms with Crippen molar-refractivity contribution in [3.8, 4) is 0 Å². The van der Waals surface area contributed by atoms with Gasteiger partial charge in [0.2, 0.25) is 0 Å². The molecule has 1 atom stereocenters. The fraction of sp³-hybridized carbons (Fsp3) is 0.643. The topological polar surface area (TPSA) is 24.9 Å². The van der Waals surface area contributed by atoms with Gasteiger partial charge >= 0.3 is 0 Å². The van der Waals surface area contributed by atoms with Crippen LogP contribution in [-0.2, 0) is 0 Å². The molecule has 1 heterocycles. The Hall–Kier alpha value is -0.890. The number of hydrogen-bond acceptors (Lipinski definition) is 2. The quantitative estimate of drug-likeness (QED) is 0.793. The molecule has 1 aliphatic rings. The smallest absolute Gasteiger partial charge is 0.0576 e. The second-order valence-electron chi connectivity index (χ2n) is 4.83. The Morgan fingerprint density at radius 2 is 2.25 bits per heavy atom. The third-order valence-corrected chi connectivity index (χ3v) is 3.28. The third-order valence-electron chi connectivity index (χ3n) is 3.28. The Labute approximate surface area is 98.5 Å². The van der Waals surface area contributed by atoms with Crippen molar-refractivity contribution in [1.29, 1.82) is 0 Å². The van der Waals surface area contributed by atoms with Gasteiger partial charge in [0.25, 0.3) is 0 Å². The average Bonchev–Trinajstić information content (AvgIpc) is 3.08. The van der Waals surface area contributed by atoms with E-state index in [0.29, 0.717) is 6.04 Å². The Bertz CT molecular complexity index is 331. The highest BCUT2D eigenvalue weighted by Crippen LogP contribution is 2.35. The predicted molar refractivity (Wildman–Crippen MR) is 67.3 cm³/mol. The predicted octanol–water partition coefficient (Wildman–Crippen LogP) is 3.23. The van der Waals surface area contributed by atoms with E-state index in [-0.39, 0.29) is 0 Å². The van der Waals surface area contributed by atoms with Crippen molar-refractivity contribution in [2.24, 2.45) is 5.92 Å². The summed E-state index contributed by atoms with van der Waals surface area (Å²) in [5.41, 5.74) is 2.33. The van der Waals surface area contributed by atoms with Crippen LogP contribution < -0.4 is 5.32 Å². The van der Waals surface area contributed by atoms with E-state index in [1.54, 1.807) is 0 Å². The zero-order valence-corrected chi connectivity index (χ0v) is 10.4. The van der Waals surface area contributed by atoms with Gasteiger partial charge in [-0.2, -0.15) is 0 Å². The maximum atomic E-state index is 4.63. The first-order valence-electron chi connectivity index (χ1n) is 6.46. The standard InChI is InChI=1S/C14H22N2/c1-3-15-13(10-9-12-7-8-12)14-6-4-5-11(2)16-14/h4-6,12-13,15H,3,7-10H2,1-2H3. The Balaban J connectivity index is 1.98. The number of rotatable bonds is 6. The molecule has 1 fully saturated rings. The van der Waals surface area contributed by atoms with E-state index in [1.165, 1.54) is 31.4 Å². The molecular weight excluding hydrogens is 196 g/mol. The highest BCUT2D eigenvalue weighted by atomic mass is 14.9. The number of aryl methyl sites for hydroxylation is 1. The minimum Gasteiger partial charge on any atom is -0.309 e. The number of pyridine rings is 1. The minimum absolute atomic E-state index is 0.450. The van der Waals surface area contributed by atoms with Crippen LogP contribution in [-0.4, -0.2) is 11.5 Å². The third kappa shape index (κ3) is 3.31. The fourth-order valence-electron chi connectivity index (χ4n) is 2.17. The molecule has 0 aliphatic heterocycles. The molecule has 88 valence electrons. The van der Waals surface area contributed by atoms with Gasteiger partial charge in [-0.15, -0.1) is 0 Å². The van der Waals surface area contributed by atoms with Crippen LogP contribution in [0.5, 0.6) is 0 Å². The molecule has 16 heavy (non-hydrogen) atoms. The molecular formula is C14H22N2. The van der Waals surface area contributed by atoms with E-state index in [1.807, 2.05) is 0 Å². The number of nitrogens with one attached hydrogen (secondary N) is 1. The van der Waals surface area contributed by atoms with Crippen LogP contribution in [0.3, 0.4) is 0 Å². The van der Waals surface area contributed by atoms with Crippen LogP contribution >= 0.6 is 0 Å². The van der Waals surface area contributed by atoms with Crippen molar-refractivity contribution in [2.75, 3.05) is 6.54 Å². The van der Waals surface area contributed by atoms with E-state index in [4.69, 9.17) is 0 Å². The molecule has 1 unspecified atom stereocenters. The zero-order valence-electron chi connectivity index (χ0n) is 10.4. The molecule has 0 aromatic carbocycles. The molecule has 0 amide bonds. The lowest BCUT2D eigenvalue weighted by Crippen LogP contribution is -2.22. The Morgan fingerprint density at radius 3 is 2.88 bits per heavy atom. The molecule has 2 rings (SSSR count). The summed E-state index contributed by atoms with van der Waals surface area (Å²) in [4.78, 5) is 4.63. The number of aromatic nitrogens is 1. The van der Waals surface area contributed by atoms with Crippen molar-refractivity contribution >= 4 is 0 Å². The summed E-state index contributed by atoms with van der Waals surface area (Å²) in [6, 6.07) is 6.77. The van der Waals surface area contributed by atoms with Gasteiger partial charge in [0, 0.05) is 11.7 Å². The average molecular weight is 218 g/mol. The first-order valence-corrected chi connectivity index (χ1v) is 6.46. The SMILES string of the molecule is CCNC(CCC1CC1)c1cccc(C)n1. The lowest BCUT2D eigenvalue weighted by atomic mass is 10.0. The summed E-state index contributed by atoms with van der Waals surface area (Å²) in [7, 11) is 0. The van der Waals surface area contributed by atoms with Crippen LogP contribution in [0.4, 0.5) is 0 Å². The summed E-state index contributed by atoms with van der Waals surface area (Å²) in [5.74, 6) is 1.01. The lowest BCUT2D eigenvalue weighted by Gasteiger charge is -2.17. The molecule has 0 bridgehead atoms. The van der Waals surface area contributed by atoms with E-state index in [0.717, 1.165) is 18.2 Å². The second kappa shape index (κ2) is 5.44. The van der Waals surface area contributed by atoms with Gasteiger partial charge in [0.05, 0.1) is 5.69 Å². The van der Waals surface area contributed by atoms with Crippen molar-refractivity contribution in [3.63, 3.8) is 0 Å². The maximum Gasteiger partial charge on any atom is 0.0576 e. The van der Waals surface area contributed by atoms with Gasteiger partial charge in [-0.3, -0.25) is 4.98 Å². The lowest BCUT2D eigenvalue weighted by molar-refractivity contribution is 0.472. The molecule has 0 saturated heterocycles. The zero-order chi connectivity index (χ0) is 11.4. The monoisotopic (exact) mass is 218 g/mol.